The van der Waals surface area contributed by atoms with Gasteiger partial charge in [0, 0.05) is 12.6 Å². The van der Waals surface area contributed by atoms with Gasteiger partial charge in [0.15, 0.2) is 0 Å². The average molecular weight is 185 g/mol. The van der Waals surface area contributed by atoms with E-state index < -0.39 is 0 Å². The summed E-state index contributed by atoms with van der Waals surface area (Å²) in [5.74, 6) is 0. The van der Waals surface area contributed by atoms with Gasteiger partial charge in [-0.25, -0.2) is 0 Å². The molecule has 0 amide bonds. The van der Waals surface area contributed by atoms with Crippen LogP contribution in [-0.4, -0.2) is 36.2 Å². The Bertz CT molecular complexity index is 146. The van der Waals surface area contributed by atoms with Crippen molar-refractivity contribution >= 4 is 0 Å². The van der Waals surface area contributed by atoms with E-state index in [1.165, 1.54) is 25.7 Å². The van der Waals surface area contributed by atoms with Gasteiger partial charge < -0.3 is 10.0 Å². The first-order chi connectivity index (χ1) is 6.05. The lowest BCUT2D eigenvalue weighted by atomic mass is 9.75. The van der Waals surface area contributed by atoms with Gasteiger partial charge in [-0.05, 0) is 38.1 Å². The van der Waals surface area contributed by atoms with Gasteiger partial charge in [-0.1, -0.05) is 13.8 Å². The quantitative estimate of drug-likeness (QED) is 0.725. The molecule has 1 rings (SSSR count). The summed E-state index contributed by atoms with van der Waals surface area (Å²) in [4.78, 5) is 2.30. The lowest BCUT2D eigenvalue weighted by Gasteiger charge is -2.38. The zero-order valence-electron chi connectivity index (χ0n) is 9.21. The van der Waals surface area contributed by atoms with E-state index in [0.29, 0.717) is 11.5 Å². The van der Waals surface area contributed by atoms with Crippen LogP contribution in [0.2, 0.25) is 0 Å². The fourth-order valence-corrected chi connectivity index (χ4v) is 2.17. The molecule has 0 aliphatic heterocycles. The Morgan fingerprint density at radius 3 is 2.31 bits per heavy atom. The maximum absolute atomic E-state index is 8.83. The molecule has 78 valence electrons. The number of rotatable bonds is 3. The van der Waals surface area contributed by atoms with E-state index in [2.05, 4.69) is 25.8 Å². The predicted molar refractivity (Wildman–Crippen MR) is 55.8 cm³/mol. The van der Waals surface area contributed by atoms with Gasteiger partial charge in [0.25, 0.3) is 0 Å². The molecule has 0 radical (unpaired) electrons. The van der Waals surface area contributed by atoms with Crippen LogP contribution in [0.1, 0.15) is 39.5 Å². The highest BCUT2D eigenvalue weighted by Gasteiger charge is 2.28. The van der Waals surface area contributed by atoms with Gasteiger partial charge in [-0.15, -0.1) is 0 Å². The van der Waals surface area contributed by atoms with Crippen LogP contribution in [0.25, 0.3) is 0 Å². The molecule has 1 aliphatic carbocycles. The van der Waals surface area contributed by atoms with Gasteiger partial charge in [0.1, 0.15) is 0 Å². The third-order valence-corrected chi connectivity index (χ3v) is 3.38. The highest BCUT2D eigenvalue weighted by atomic mass is 16.3. The molecular formula is C11H23NO. The minimum atomic E-state index is 0.288. The molecule has 0 spiro atoms. The van der Waals surface area contributed by atoms with E-state index in [1.807, 2.05) is 0 Å². The predicted octanol–water partition coefficient (Wildman–Crippen LogP) is 1.88. The molecule has 13 heavy (non-hydrogen) atoms. The van der Waals surface area contributed by atoms with Crippen molar-refractivity contribution in [1.82, 2.24) is 4.90 Å². The maximum atomic E-state index is 8.83. The van der Waals surface area contributed by atoms with Crippen LogP contribution < -0.4 is 0 Å². The summed E-state index contributed by atoms with van der Waals surface area (Å²) < 4.78 is 0. The van der Waals surface area contributed by atoms with Crippen molar-refractivity contribution in [1.29, 1.82) is 0 Å². The van der Waals surface area contributed by atoms with E-state index in [9.17, 15) is 0 Å². The zero-order chi connectivity index (χ0) is 9.90. The highest BCUT2D eigenvalue weighted by Crippen LogP contribution is 2.36. The third-order valence-electron chi connectivity index (χ3n) is 3.38. The van der Waals surface area contributed by atoms with Crippen LogP contribution in [-0.2, 0) is 0 Å². The summed E-state index contributed by atoms with van der Waals surface area (Å²) in [6.45, 7) is 5.83. The largest absolute Gasteiger partial charge is 0.395 e. The lowest BCUT2D eigenvalue weighted by Crippen LogP contribution is -2.38. The van der Waals surface area contributed by atoms with Crippen molar-refractivity contribution in [3.8, 4) is 0 Å². The lowest BCUT2D eigenvalue weighted by molar-refractivity contribution is 0.110. The summed E-state index contributed by atoms with van der Waals surface area (Å²) >= 11 is 0. The van der Waals surface area contributed by atoms with Crippen LogP contribution in [0.15, 0.2) is 0 Å². The molecule has 0 unspecified atom stereocenters. The standard InChI is InChI=1S/C11H23NO/c1-11(2)6-4-10(5-7-11)12(3)8-9-13/h10,13H,4-9H2,1-3H3. The van der Waals surface area contributed by atoms with Crippen LogP contribution in [0.4, 0.5) is 0 Å². The van der Waals surface area contributed by atoms with E-state index in [4.69, 9.17) is 5.11 Å². The maximum Gasteiger partial charge on any atom is 0.0558 e. The van der Waals surface area contributed by atoms with Crippen LogP contribution >= 0.6 is 0 Å². The number of hydrogen-bond donors (Lipinski definition) is 1. The number of nitrogens with zero attached hydrogens (tertiary/aromatic N) is 1. The summed E-state index contributed by atoms with van der Waals surface area (Å²) in [5, 5.41) is 8.83. The highest BCUT2D eigenvalue weighted by molar-refractivity contribution is 4.82. The Kier molecular flexibility index (Phi) is 3.74. The molecular weight excluding hydrogens is 162 g/mol. The van der Waals surface area contributed by atoms with Gasteiger partial charge in [-0.3, -0.25) is 0 Å². The Labute approximate surface area is 81.9 Å². The smallest absolute Gasteiger partial charge is 0.0558 e. The Morgan fingerprint density at radius 1 is 1.31 bits per heavy atom. The molecule has 1 saturated carbocycles. The first-order valence-electron chi connectivity index (χ1n) is 5.36. The number of likely N-dealkylation sites (N-methyl/N-ethyl adjacent to an activating group) is 1. The Morgan fingerprint density at radius 2 is 1.85 bits per heavy atom. The molecule has 0 atom stereocenters. The van der Waals surface area contributed by atoms with Gasteiger partial charge in [-0.2, -0.15) is 0 Å². The topological polar surface area (TPSA) is 23.5 Å². The SMILES string of the molecule is CN(CCO)C1CCC(C)(C)CC1. The fourth-order valence-electron chi connectivity index (χ4n) is 2.17. The zero-order valence-corrected chi connectivity index (χ0v) is 9.21. The van der Waals surface area contributed by atoms with Crippen molar-refractivity contribution in [2.45, 2.75) is 45.6 Å². The molecule has 0 aromatic carbocycles. The Balaban J connectivity index is 2.32. The third kappa shape index (κ3) is 3.28. The molecule has 1 N–H and O–H groups in total. The minimum Gasteiger partial charge on any atom is -0.395 e. The van der Waals surface area contributed by atoms with Crippen molar-refractivity contribution in [2.75, 3.05) is 20.2 Å². The second kappa shape index (κ2) is 4.43. The average Bonchev–Trinajstić information content (AvgIpc) is 2.04. The van der Waals surface area contributed by atoms with E-state index in [0.717, 1.165) is 6.54 Å². The van der Waals surface area contributed by atoms with Crippen molar-refractivity contribution in [3.63, 3.8) is 0 Å². The summed E-state index contributed by atoms with van der Waals surface area (Å²) in [5.41, 5.74) is 0.552. The van der Waals surface area contributed by atoms with Crippen LogP contribution in [0, 0.1) is 5.41 Å². The van der Waals surface area contributed by atoms with Crippen molar-refractivity contribution in [3.05, 3.63) is 0 Å². The number of aliphatic hydroxyl groups is 1. The first-order valence-corrected chi connectivity index (χ1v) is 5.36. The normalized spacial score (nSPS) is 23.8. The van der Waals surface area contributed by atoms with E-state index in [-0.39, 0.29) is 6.61 Å². The van der Waals surface area contributed by atoms with E-state index >= 15 is 0 Å². The molecule has 0 saturated heterocycles. The van der Waals surface area contributed by atoms with E-state index in [1.54, 1.807) is 0 Å². The summed E-state index contributed by atoms with van der Waals surface area (Å²) in [6.07, 6.45) is 5.24. The van der Waals surface area contributed by atoms with Crippen LogP contribution in [0.5, 0.6) is 0 Å². The molecule has 0 heterocycles. The monoisotopic (exact) mass is 185 g/mol. The van der Waals surface area contributed by atoms with Crippen molar-refractivity contribution < 1.29 is 5.11 Å². The summed E-state index contributed by atoms with van der Waals surface area (Å²) in [6, 6.07) is 0.708. The molecule has 0 aromatic heterocycles. The van der Waals surface area contributed by atoms with Gasteiger partial charge in [0.2, 0.25) is 0 Å². The molecule has 0 aromatic rings. The minimum absolute atomic E-state index is 0.288. The molecule has 2 nitrogen and oxygen atoms in total. The number of hydrogen-bond acceptors (Lipinski definition) is 2. The second-order valence-corrected chi connectivity index (χ2v) is 5.10. The first kappa shape index (κ1) is 11.0. The van der Waals surface area contributed by atoms with Gasteiger partial charge >= 0.3 is 0 Å². The molecule has 1 fully saturated rings. The Hall–Kier alpha value is -0.0800. The van der Waals surface area contributed by atoms with Crippen molar-refractivity contribution in [2.24, 2.45) is 5.41 Å². The fraction of sp³-hybridized carbons (Fsp3) is 1.00. The second-order valence-electron chi connectivity index (χ2n) is 5.10. The van der Waals surface area contributed by atoms with Crippen LogP contribution in [0.3, 0.4) is 0 Å². The van der Waals surface area contributed by atoms with Gasteiger partial charge in [0.05, 0.1) is 6.61 Å². The molecule has 2 heteroatoms. The molecule has 0 bridgehead atoms. The summed E-state index contributed by atoms with van der Waals surface area (Å²) in [7, 11) is 2.12. The molecule has 1 aliphatic rings. The number of aliphatic hydroxyl groups excluding tert-OH is 1.